The summed E-state index contributed by atoms with van der Waals surface area (Å²) in [6, 6.07) is 28.8. The molecule has 6 fully saturated rings. The van der Waals surface area contributed by atoms with Crippen LogP contribution in [-0.4, -0.2) is 149 Å². The summed E-state index contributed by atoms with van der Waals surface area (Å²) < 4.78 is 90.4. The van der Waals surface area contributed by atoms with Crippen LogP contribution in [-0.2, 0) is 71.0 Å². The number of aliphatic hydroxyl groups excluding tert-OH is 2. The van der Waals surface area contributed by atoms with Gasteiger partial charge in [-0.2, -0.15) is 0 Å². The Morgan fingerprint density at radius 2 is 0.927 bits per heavy atom. The topological polar surface area (TPSA) is 299 Å². The van der Waals surface area contributed by atoms with Gasteiger partial charge in [0.15, 0.2) is 12.6 Å². The van der Waals surface area contributed by atoms with E-state index < -0.39 is 81.8 Å². The number of ether oxygens (including phenoxy) is 6. The summed E-state index contributed by atoms with van der Waals surface area (Å²) in [6.45, 7) is 0.881. The molecule has 4 aliphatic heterocycles. The minimum Gasteiger partial charge on any atom is -0.443 e. The molecule has 0 spiro atoms. The molecule has 24 heteroatoms. The molecule has 4 saturated heterocycles. The van der Waals surface area contributed by atoms with Gasteiger partial charge in [0.25, 0.3) is 20.0 Å². The Hall–Kier alpha value is -5.48. The number of anilines is 2. The number of aliphatic hydroxyl groups is 2. The van der Waals surface area contributed by atoms with Crippen molar-refractivity contribution in [2.24, 2.45) is 11.8 Å². The van der Waals surface area contributed by atoms with Crippen LogP contribution in [0.3, 0.4) is 0 Å². The van der Waals surface area contributed by atoms with Crippen LogP contribution >= 0.6 is 0 Å². The van der Waals surface area contributed by atoms with E-state index in [-0.39, 0.29) is 72.5 Å². The molecule has 448 valence electrons. The van der Waals surface area contributed by atoms with Crippen LogP contribution in [0.4, 0.5) is 21.0 Å². The lowest BCUT2D eigenvalue weighted by atomic mass is 9.97. The van der Waals surface area contributed by atoms with Crippen molar-refractivity contribution in [2.45, 2.75) is 161 Å². The molecular weight excluding hydrogens is 1100 g/mol. The number of benzene rings is 4. The number of nitrogens with one attached hydrogen (secondary N) is 2. The first-order valence-electron chi connectivity index (χ1n) is 28.5. The number of hydrogen-bond donors (Lipinski definition) is 6. The van der Waals surface area contributed by atoms with E-state index in [9.17, 15) is 36.6 Å². The van der Waals surface area contributed by atoms with Crippen LogP contribution in [0.25, 0.3) is 0 Å². The van der Waals surface area contributed by atoms with Gasteiger partial charge in [-0.25, -0.2) is 26.4 Å². The van der Waals surface area contributed by atoms with E-state index in [0.717, 1.165) is 71.4 Å². The number of amides is 2. The Bertz CT molecular complexity index is 2710. The third-order valence-corrected chi connectivity index (χ3v) is 19.0. The van der Waals surface area contributed by atoms with Gasteiger partial charge in [-0.05, 0) is 112 Å². The molecule has 0 bridgehead atoms. The molecule has 6 aliphatic rings. The third-order valence-electron chi connectivity index (χ3n) is 15.7. The van der Waals surface area contributed by atoms with E-state index in [2.05, 4.69) is 10.6 Å². The molecule has 82 heavy (non-hydrogen) atoms. The Labute approximate surface area is 480 Å². The molecule has 2 amide bonds. The van der Waals surface area contributed by atoms with E-state index in [1.54, 1.807) is 24.3 Å². The number of carbonyl (C=O) groups is 2. The zero-order valence-corrected chi connectivity index (χ0v) is 47.6. The SMILES string of the molecule is Nc1cccc(S(=O)(=O)N(C[C@@H](O)[C@H](Cc2ccccc2)NC(=O)O[C@@H]2CO[C@@H]3OCCC[C@@H]32)OC2CCCC2)c1.Nc1cccc(S(=O)(=O)N(C[C@@H](O)[C@H](Cc2ccccc2)NC(=O)O[C@H]2CO[C@H]3OCCC[C@H]32)OC2CCCC2)c1. The number of nitrogen functional groups attached to an aromatic ring is 2. The number of hydrogen-bond acceptors (Lipinski definition) is 18. The highest BCUT2D eigenvalue weighted by Gasteiger charge is 2.45. The van der Waals surface area contributed by atoms with Crippen molar-refractivity contribution in [1.82, 2.24) is 19.6 Å². The third kappa shape index (κ3) is 16.4. The van der Waals surface area contributed by atoms with E-state index >= 15 is 0 Å². The average Bonchev–Trinajstić information content (AvgIpc) is 4.42. The number of fused-ring (bicyclic) bond motifs is 2. The fourth-order valence-corrected chi connectivity index (χ4v) is 14.0. The quantitative estimate of drug-likeness (QED) is 0.0390. The molecule has 0 radical (unpaired) electrons. The van der Waals surface area contributed by atoms with Crippen molar-refractivity contribution in [2.75, 3.05) is 51.0 Å². The molecular formula is C58H78N6O16S2. The number of nitrogens with zero attached hydrogens (tertiary/aromatic N) is 2. The van der Waals surface area contributed by atoms with E-state index in [4.69, 9.17) is 49.6 Å². The normalized spacial score (nSPS) is 24.6. The second kappa shape index (κ2) is 28.9. The number of hydroxylamine groups is 2. The lowest BCUT2D eigenvalue weighted by Crippen LogP contribution is -2.51. The predicted octanol–water partition coefficient (Wildman–Crippen LogP) is 5.97. The summed E-state index contributed by atoms with van der Waals surface area (Å²) in [4.78, 5) is 38.0. The van der Waals surface area contributed by atoms with Crippen molar-refractivity contribution >= 4 is 43.6 Å². The van der Waals surface area contributed by atoms with Gasteiger partial charge < -0.3 is 60.7 Å². The summed E-state index contributed by atoms with van der Waals surface area (Å²) in [5.41, 5.74) is 14.0. The fourth-order valence-electron chi connectivity index (χ4n) is 11.3. The molecule has 2 aliphatic carbocycles. The number of rotatable bonds is 22. The fraction of sp³-hybridized carbons (Fsp3) is 0.552. The largest absolute Gasteiger partial charge is 0.443 e. The Morgan fingerprint density at radius 3 is 1.30 bits per heavy atom. The second-order valence-corrected chi connectivity index (χ2v) is 25.5. The molecule has 4 aromatic rings. The molecule has 4 aromatic carbocycles. The smallest absolute Gasteiger partial charge is 0.407 e. The second-order valence-electron chi connectivity index (χ2n) is 21.8. The van der Waals surface area contributed by atoms with Gasteiger partial charge in [-0.3, -0.25) is 9.68 Å². The van der Waals surface area contributed by atoms with Gasteiger partial charge >= 0.3 is 12.2 Å². The van der Waals surface area contributed by atoms with Crippen LogP contribution in [0.15, 0.2) is 119 Å². The minimum atomic E-state index is -4.18. The number of nitrogens with two attached hydrogens (primary N) is 2. The van der Waals surface area contributed by atoms with E-state index in [1.165, 1.54) is 24.3 Å². The molecule has 10 atom stereocenters. The Balaban J connectivity index is 0.000000198. The number of carbonyl (C=O) groups excluding carboxylic acids is 2. The Kier molecular flexibility index (Phi) is 21.5. The minimum absolute atomic E-state index is 0.0415. The summed E-state index contributed by atoms with van der Waals surface area (Å²) >= 11 is 0. The highest BCUT2D eigenvalue weighted by atomic mass is 32.2. The molecule has 0 aromatic heterocycles. The molecule has 22 nitrogen and oxygen atoms in total. The van der Waals surface area contributed by atoms with Crippen molar-refractivity contribution in [3.8, 4) is 0 Å². The maximum Gasteiger partial charge on any atom is 0.407 e. The monoisotopic (exact) mass is 1180 g/mol. The van der Waals surface area contributed by atoms with Crippen molar-refractivity contribution in [3.63, 3.8) is 0 Å². The lowest BCUT2D eigenvalue weighted by Gasteiger charge is -2.31. The van der Waals surface area contributed by atoms with Crippen molar-refractivity contribution < 1.29 is 74.7 Å². The first kappa shape index (κ1) is 61.1. The molecule has 4 heterocycles. The highest BCUT2D eigenvalue weighted by Crippen LogP contribution is 2.35. The summed E-state index contributed by atoms with van der Waals surface area (Å²) in [6.07, 6.45) is 4.05. The van der Waals surface area contributed by atoms with Gasteiger partial charge in [-0.1, -0.05) is 107 Å². The summed E-state index contributed by atoms with van der Waals surface area (Å²) in [5, 5.41) is 28.5. The standard InChI is InChI=1S/2C29H39N3O8S/c2*30-21-10-6-13-23(17-21)41(35,36)32(40-22-11-4-5-12-22)18-26(33)25(16-20-8-2-1-3-9-20)31-29(34)39-27-19-38-28-24(27)14-7-15-37-28/h2*1-3,6,8-10,13,17,22,24-28,33H,4-5,7,11-12,14-16,18-19,30H2,(H,31,34)/t24-,25+,26-,27-,28+;24-,25-,26+,27-,28+/m10/s1. The summed E-state index contributed by atoms with van der Waals surface area (Å²) in [5.74, 6) is -0.100. The summed E-state index contributed by atoms with van der Waals surface area (Å²) in [7, 11) is -8.35. The highest BCUT2D eigenvalue weighted by molar-refractivity contribution is 7.89. The maximum atomic E-state index is 13.7. The average molecular weight is 1180 g/mol. The lowest BCUT2D eigenvalue weighted by molar-refractivity contribution is -0.152. The first-order chi connectivity index (χ1) is 39.6. The number of alkyl carbamates (subject to hydrolysis) is 2. The van der Waals surface area contributed by atoms with Crippen molar-refractivity contribution in [3.05, 3.63) is 120 Å². The van der Waals surface area contributed by atoms with Crippen LogP contribution in [0.1, 0.15) is 88.2 Å². The van der Waals surface area contributed by atoms with E-state index in [0.29, 0.717) is 50.3 Å². The zero-order chi connectivity index (χ0) is 57.6. The molecule has 10 rings (SSSR count). The van der Waals surface area contributed by atoms with E-state index in [1.807, 2.05) is 60.7 Å². The zero-order valence-electron chi connectivity index (χ0n) is 45.9. The Morgan fingerprint density at radius 1 is 0.537 bits per heavy atom. The van der Waals surface area contributed by atoms with Gasteiger partial charge in [0, 0.05) is 36.4 Å². The predicted molar refractivity (Wildman–Crippen MR) is 300 cm³/mol. The first-order valence-corrected chi connectivity index (χ1v) is 31.4. The van der Waals surface area contributed by atoms with Gasteiger partial charge in [-0.15, -0.1) is 0 Å². The van der Waals surface area contributed by atoms with Gasteiger partial charge in [0.2, 0.25) is 0 Å². The van der Waals surface area contributed by atoms with Gasteiger partial charge in [0.05, 0.1) is 72.6 Å². The number of sulfonamides is 2. The molecule has 0 unspecified atom stereocenters. The maximum absolute atomic E-state index is 13.7. The van der Waals surface area contributed by atoms with Crippen LogP contribution in [0, 0.1) is 11.8 Å². The van der Waals surface area contributed by atoms with Crippen LogP contribution < -0.4 is 22.1 Å². The van der Waals surface area contributed by atoms with Crippen LogP contribution in [0.5, 0.6) is 0 Å². The van der Waals surface area contributed by atoms with Crippen LogP contribution in [0.2, 0.25) is 0 Å². The molecule has 8 N–H and O–H groups in total. The van der Waals surface area contributed by atoms with Gasteiger partial charge in [0.1, 0.15) is 12.2 Å². The van der Waals surface area contributed by atoms with Crippen molar-refractivity contribution in [1.29, 1.82) is 0 Å². The molecule has 2 saturated carbocycles.